The number of hydrogen-bond acceptors (Lipinski definition) is 6. The third kappa shape index (κ3) is 4.94. The van der Waals surface area contributed by atoms with Crippen LogP contribution in [-0.4, -0.2) is 23.8 Å². The van der Waals surface area contributed by atoms with Crippen LogP contribution in [0.15, 0.2) is 66.7 Å². The van der Waals surface area contributed by atoms with Crippen LogP contribution >= 0.6 is 0 Å². The van der Waals surface area contributed by atoms with Gasteiger partial charge in [0.05, 0.1) is 11.9 Å². The number of carbonyl (C=O) groups excluding carboxylic acids is 4. The van der Waals surface area contributed by atoms with Gasteiger partial charge in [-0.15, -0.1) is 0 Å². The average Bonchev–Trinajstić information content (AvgIpc) is 2.74. The molecule has 156 valence electrons. The zero-order valence-corrected chi connectivity index (χ0v) is 16.3. The summed E-state index contributed by atoms with van der Waals surface area (Å²) in [5.74, 6) is -4.29. The Kier molecular flexibility index (Phi) is 6.11. The Bertz CT molecular complexity index is 1150. The van der Waals surface area contributed by atoms with Crippen molar-refractivity contribution >= 4 is 35.1 Å². The van der Waals surface area contributed by atoms with E-state index in [0.717, 1.165) is 12.1 Å². The SMILES string of the molecule is Cc1c(C(=O)[O-])cc(C(=O)Nc2cccc(NC(=O)c3ccccc3)c2)cc1C(=O)[O-]. The summed E-state index contributed by atoms with van der Waals surface area (Å²) in [4.78, 5) is 47.5. The van der Waals surface area contributed by atoms with Crippen LogP contribution in [0.3, 0.4) is 0 Å². The van der Waals surface area contributed by atoms with Crippen LogP contribution in [0.2, 0.25) is 0 Å². The van der Waals surface area contributed by atoms with E-state index in [4.69, 9.17) is 0 Å². The van der Waals surface area contributed by atoms with E-state index >= 15 is 0 Å². The van der Waals surface area contributed by atoms with Crippen LogP contribution in [0.4, 0.5) is 11.4 Å². The Balaban J connectivity index is 1.83. The molecule has 0 spiro atoms. The number of carboxylic acid groups (broad SMARTS) is 2. The quantitative estimate of drug-likeness (QED) is 0.620. The fraction of sp³-hybridized carbons (Fsp3) is 0.0435. The molecule has 0 bridgehead atoms. The Hall–Kier alpha value is -4.46. The summed E-state index contributed by atoms with van der Waals surface area (Å²) in [6, 6.07) is 16.9. The van der Waals surface area contributed by atoms with Gasteiger partial charge < -0.3 is 30.4 Å². The maximum Gasteiger partial charge on any atom is 0.255 e. The number of amides is 2. The van der Waals surface area contributed by atoms with Gasteiger partial charge in [0.25, 0.3) is 11.8 Å². The van der Waals surface area contributed by atoms with E-state index in [0.29, 0.717) is 16.9 Å². The lowest BCUT2D eigenvalue weighted by Crippen LogP contribution is -2.29. The van der Waals surface area contributed by atoms with Crippen molar-refractivity contribution in [2.75, 3.05) is 10.6 Å². The van der Waals surface area contributed by atoms with Gasteiger partial charge >= 0.3 is 0 Å². The molecule has 0 saturated heterocycles. The second kappa shape index (κ2) is 8.91. The molecule has 31 heavy (non-hydrogen) atoms. The van der Waals surface area contributed by atoms with Gasteiger partial charge in [0.1, 0.15) is 0 Å². The minimum atomic E-state index is -1.61. The molecule has 0 fully saturated rings. The number of anilines is 2. The fourth-order valence-electron chi connectivity index (χ4n) is 2.94. The molecule has 0 aliphatic rings. The normalized spacial score (nSPS) is 10.2. The molecule has 0 radical (unpaired) electrons. The van der Waals surface area contributed by atoms with E-state index in [9.17, 15) is 29.4 Å². The van der Waals surface area contributed by atoms with Gasteiger partial charge in [-0.3, -0.25) is 9.59 Å². The van der Waals surface area contributed by atoms with E-state index in [1.54, 1.807) is 48.5 Å². The molecule has 3 rings (SSSR count). The Morgan fingerprint density at radius 3 is 1.61 bits per heavy atom. The van der Waals surface area contributed by atoms with Gasteiger partial charge in [-0.1, -0.05) is 24.3 Å². The molecule has 0 unspecified atom stereocenters. The summed E-state index contributed by atoms with van der Waals surface area (Å²) in [5.41, 5.74) is 0.0837. The molecule has 2 N–H and O–H groups in total. The first-order valence-corrected chi connectivity index (χ1v) is 9.11. The van der Waals surface area contributed by atoms with Crippen molar-refractivity contribution in [3.63, 3.8) is 0 Å². The van der Waals surface area contributed by atoms with Crippen molar-refractivity contribution in [2.24, 2.45) is 0 Å². The summed E-state index contributed by atoms with van der Waals surface area (Å²) in [6.45, 7) is 1.29. The van der Waals surface area contributed by atoms with E-state index in [1.807, 2.05) is 0 Å². The monoisotopic (exact) mass is 416 g/mol. The van der Waals surface area contributed by atoms with Crippen LogP contribution < -0.4 is 20.8 Å². The number of benzene rings is 3. The van der Waals surface area contributed by atoms with Crippen molar-refractivity contribution in [3.05, 3.63) is 94.5 Å². The first-order chi connectivity index (χ1) is 14.8. The van der Waals surface area contributed by atoms with Crippen LogP contribution in [0.5, 0.6) is 0 Å². The van der Waals surface area contributed by atoms with E-state index in [-0.39, 0.29) is 17.0 Å². The van der Waals surface area contributed by atoms with Crippen molar-refractivity contribution in [2.45, 2.75) is 6.92 Å². The molecule has 0 aromatic heterocycles. The third-order valence-corrected chi connectivity index (χ3v) is 4.52. The largest absolute Gasteiger partial charge is 0.545 e. The lowest BCUT2D eigenvalue weighted by molar-refractivity contribution is -0.255. The van der Waals surface area contributed by atoms with Crippen LogP contribution in [-0.2, 0) is 0 Å². The Morgan fingerprint density at radius 2 is 1.13 bits per heavy atom. The van der Waals surface area contributed by atoms with Gasteiger partial charge in [0.15, 0.2) is 0 Å². The lowest BCUT2D eigenvalue weighted by Gasteiger charge is -2.16. The number of carbonyl (C=O) groups is 4. The second-order valence-electron chi connectivity index (χ2n) is 6.63. The molecule has 8 heteroatoms. The van der Waals surface area contributed by atoms with Crippen LogP contribution in [0.25, 0.3) is 0 Å². The van der Waals surface area contributed by atoms with Crippen molar-refractivity contribution in [1.29, 1.82) is 0 Å². The zero-order chi connectivity index (χ0) is 22.5. The lowest BCUT2D eigenvalue weighted by atomic mass is 9.98. The molecule has 0 aliphatic carbocycles. The highest BCUT2D eigenvalue weighted by Gasteiger charge is 2.14. The minimum Gasteiger partial charge on any atom is -0.545 e. The maximum absolute atomic E-state index is 12.6. The summed E-state index contributed by atoms with van der Waals surface area (Å²) in [7, 11) is 0. The average molecular weight is 416 g/mol. The predicted octanol–water partition coefficient (Wildman–Crippen LogP) is 1.23. The number of carboxylic acids is 2. The summed E-state index contributed by atoms with van der Waals surface area (Å²) < 4.78 is 0. The van der Waals surface area contributed by atoms with Crippen LogP contribution in [0, 0.1) is 6.92 Å². The highest BCUT2D eigenvalue weighted by Crippen LogP contribution is 2.20. The van der Waals surface area contributed by atoms with E-state index in [2.05, 4.69) is 10.6 Å². The third-order valence-electron chi connectivity index (χ3n) is 4.52. The van der Waals surface area contributed by atoms with Gasteiger partial charge in [-0.2, -0.15) is 0 Å². The maximum atomic E-state index is 12.6. The van der Waals surface area contributed by atoms with Gasteiger partial charge in [0.2, 0.25) is 0 Å². The first kappa shape index (κ1) is 21.3. The smallest absolute Gasteiger partial charge is 0.255 e. The molecular weight excluding hydrogens is 400 g/mol. The van der Waals surface area contributed by atoms with Gasteiger partial charge in [-0.05, 0) is 55.0 Å². The topological polar surface area (TPSA) is 138 Å². The zero-order valence-electron chi connectivity index (χ0n) is 16.3. The van der Waals surface area contributed by atoms with E-state index < -0.39 is 29.0 Å². The summed E-state index contributed by atoms with van der Waals surface area (Å²) >= 11 is 0. The highest BCUT2D eigenvalue weighted by molar-refractivity contribution is 6.08. The standard InChI is InChI=1S/C23H18N2O6/c1-13-18(22(28)29)10-15(11-19(13)23(30)31)21(27)25-17-9-5-8-16(12-17)24-20(26)14-6-3-2-4-7-14/h2-12H,1H3,(H,24,26)(H,25,27)(H,28,29)(H,30,31)/p-2. The molecule has 0 heterocycles. The van der Waals surface area contributed by atoms with E-state index in [1.165, 1.54) is 13.0 Å². The molecule has 2 amide bonds. The Labute approximate surface area is 177 Å². The highest BCUT2D eigenvalue weighted by atomic mass is 16.4. The van der Waals surface area contributed by atoms with Gasteiger partial charge in [0, 0.05) is 33.6 Å². The van der Waals surface area contributed by atoms with Gasteiger partial charge in [-0.25, -0.2) is 0 Å². The van der Waals surface area contributed by atoms with Crippen molar-refractivity contribution in [1.82, 2.24) is 0 Å². The number of rotatable bonds is 6. The summed E-state index contributed by atoms with van der Waals surface area (Å²) in [5, 5.41) is 27.8. The van der Waals surface area contributed by atoms with Crippen molar-refractivity contribution < 1.29 is 29.4 Å². The molecule has 0 aliphatic heterocycles. The van der Waals surface area contributed by atoms with Crippen molar-refractivity contribution in [3.8, 4) is 0 Å². The number of aromatic carboxylic acids is 2. The molecule has 3 aromatic rings. The predicted molar refractivity (Wildman–Crippen MR) is 109 cm³/mol. The minimum absolute atomic E-state index is 0.0674. The number of nitrogens with one attached hydrogen (secondary N) is 2. The molecule has 8 nitrogen and oxygen atoms in total. The molecular formula is C23H16N2O6-2. The number of hydrogen-bond donors (Lipinski definition) is 2. The fourth-order valence-corrected chi connectivity index (χ4v) is 2.94. The first-order valence-electron chi connectivity index (χ1n) is 9.11. The Morgan fingerprint density at radius 1 is 0.645 bits per heavy atom. The molecule has 0 atom stereocenters. The molecule has 0 saturated carbocycles. The summed E-state index contributed by atoms with van der Waals surface area (Å²) in [6.07, 6.45) is 0. The molecule has 3 aromatic carbocycles. The second-order valence-corrected chi connectivity index (χ2v) is 6.63. The van der Waals surface area contributed by atoms with Crippen LogP contribution in [0.1, 0.15) is 47.0 Å².